The normalized spacial score (nSPS) is 12.5. The highest BCUT2D eigenvalue weighted by Crippen LogP contribution is 2.29. The lowest BCUT2D eigenvalue weighted by Gasteiger charge is -2.14. The van der Waals surface area contributed by atoms with Gasteiger partial charge >= 0.3 is 0 Å². The minimum Gasteiger partial charge on any atom is -0.376 e. The zero-order valence-electron chi connectivity index (χ0n) is 9.50. The Morgan fingerprint density at radius 3 is 2.71 bits per heavy atom. The maximum Gasteiger partial charge on any atom is 0.0898 e. The smallest absolute Gasteiger partial charge is 0.0898 e. The van der Waals surface area contributed by atoms with Gasteiger partial charge in [-0.15, -0.1) is 11.3 Å². The van der Waals surface area contributed by atoms with Gasteiger partial charge in [-0.2, -0.15) is 0 Å². The number of rotatable bonds is 3. The van der Waals surface area contributed by atoms with E-state index in [2.05, 4.69) is 22.6 Å². The van der Waals surface area contributed by atoms with Crippen LogP contribution in [0.15, 0.2) is 23.6 Å². The van der Waals surface area contributed by atoms with Crippen LogP contribution in [0.3, 0.4) is 0 Å². The molecule has 1 aromatic carbocycles. The highest BCUT2D eigenvalue weighted by atomic mass is 35.5. The van der Waals surface area contributed by atoms with Crippen LogP contribution in [-0.2, 0) is 0 Å². The summed E-state index contributed by atoms with van der Waals surface area (Å²) in [4.78, 5) is 4.44. The monoisotopic (exact) mass is 286 g/mol. The molecule has 1 atom stereocenters. The summed E-state index contributed by atoms with van der Waals surface area (Å²) < 4.78 is 0. The number of nitrogens with one attached hydrogen (secondary N) is 1. The van der Waals surface area contributed by atoms with Gasteiger partial charge in [-0.05, 0) is 32.0 Å². The van der Waals surface area contributed by atoms with E-state index in [9.17, 15) is 0 Å². The molecule has 1 unspecified atom stereocenters. The molecule has 0 aliphatic rings. The van der Waals surface area contributed by atoms with E-state index in [1.54, 1.807) is 17.4 Å². The highest BCUT2D eigenvalue weighted by Gasteiger charge is 2.10. The summed E-state index contributed by atoms with van der Waals surface area (Å²) in [6, 6.07) is 5.54. The number of benzene rings is 1. The van der Waals surface area contributed by atoms with Crippen molar-refractivity contribution in [3.05, 3.63) is 44.3 Å². The molecule has 2 rings (SSSR count). The Hall–Kier alpha value is -0.770. The van der Waals surface area contributed by atoms with Crippen LogP contribution in [0.2, 0.25) is 10.0 Å². The van der Waals surface area contributed by atoms with Crippen molar-refractivity contribution < 1.29 is 0 Å². The third kappa shape index (κ3) is 3.12. The number of aryl methyl sites for hydroxylation is 1. The van der Waals surface area contributed by atoms with Crippen molar-refractivity contribution in [3.63, 3.8) is 0 Å². The van der Waals surface area contributed by atoms with Crippen molar-refractivity contribution in [2.45, 2.75) is 19.9 Å². The average molecular weight is 287 g/mol. The van der Waals surface area contributed by atoms with E-state index in [-0.39, 0.29) is 6.04 Å². The lowest BCUT2D eigenvalue weighted by atomic mass is 10.2. The van der Waals surface area contributed by atoms with Crippen molar-refractivity contribution in [3.8, 4) is 0 Å². The molecule has 17 heavy (non-hydrogen) atoms. The standard InChI is InChI=1S/C12H12Cl2N2S/c1-7(12-6-17-8(2)16-12)15-11-4-3-9(13)5-10(11)14/h3-7,15H,1-2H3. The van der Waals surface area contributed by atoms with E-state index in [1.165, 1.54) is 0 Å². The number of hydrogen-bond acceptors (Lipinski definition) is 3. The van der Waals surface area contributed by atoms with E-state index < -0.39 is 0 Å². The predicted octanol–water partition coefficient (Wildman–Crippen LogP) is 4.93. The minimum atomic E-state index is 0.124. The van der Waals surface area contributed by atoms with Gasteiger partial charge in [0, 0.05) is 10.4 Å². The Balaban J connectivity index is 2.15. The fraction of sp³-hybridized carbons (Fsp3) is 0.250. The van der Waals surface area contributed by atoms with Gasteiger partial charge in [0.15, 0.2) is 0 Å². The van der Waals surface area contributed by atoms with E-state index in [1.807, 2.05) is 19.1 Å². The number of nitrogens with zero attached hydrogens (tertiary/aromatic N) is 1. The van der Waals surface area contributed by atoms with Crippen molar-refractivity contribution >= 4 is 40.2 Å². The summed E-state index contributed by atoms with van der Waals surface area (Å²) in [6.45, 7) is 4.05. The van der Waals surface area contributed by atoms with Gasteiger partial charge < -0.3 is 5.32 Å². The summed E-state index contributed by atoms with van der Waals surface area (Å²) in [6.07, 6.45) is 0. The third-order valence-corrected chi connectivity index (χ3v) is 3.72. The first-order valence-corrected chi connectivity index (χ1v) is 6.83. The summed E-state index contributed by atoms with van der Waals surface area (Å²) in [7, 11) is 0. The molecular weight excluding hydrogens is 275 g/mol. The number of anilines is 1. The molecule has 90 valence electrons. The van der Waals surface area contributed by atoms with Crippen molar-refractivity contribution in [1.29, 1.82) is 0 Å². The molecule has 0 amide bonds. The van der Waals surface area contributed by atoms with Crippen LogP contribution in [0, 0.1) is 6.92 Å². The zero-order chi connectivity index (χ0) is 12.4. The molecule has 2 nitrogen and oxygen atoms in total. The molecule has 0 radical (unpaired) electrons. The molecule has 0 saturated heterocycles. The summed E-state index contributed by atoms with van der Waals surface area (Å²) in [5, 5.41) is 7.70. The van der Waals surface area contributed by atoms with E-state index in [0.717, 1.165) is 16.4 Å². The summed E-state index contributed by atoms with van der Waals surface area (Å²) in [5.41, 5.74) is 1.90. The van der Waals surface area contributed by atoms with Crippen LogP contribution >= 0.6 is 34.5 Å². The Morgan fingerprint density at radius 2 is 2.12 bits per heavy atom. The van der Waals surface area contributed by atoms with Crippen molar-refractivity contribution in [1.82, 2.24) is 4.98 Å². The molecule has 5 heteroatoms. The van der Waals surface area contributed by atoms with Gasteiger partial charge in [-0.25, -0.2) is 4.98 Å². The first kappa shape index (κ1) is 12.7. The Kier molecular flexibility index (Phi) is 3.92. The Bertz CT molecular complexity index is 525. The Morgan fingerprint density at radius 1 is 1.35 bits per heavy atom. The first-order valence-electron chi connectivity index (χ1n) is 5.20. The largest absolute Gasteiger partial charge is 0.376 e. The van der Waals surface area contributed by atoms with Crippen LogP contribution in [0.25, 0.3) is 0 Å². The number of hydrogen-bond donors (Lipinski definition) is 1. The summed E-state index contributed by atoms with van der Waals surface area (Å²) >= 11 is 13.6. The highest BCUT2D eigenvalue weighted by molar-refractivity contribution is 7.09. The quantitative estimate of drug-likeness (QED) is 0.865. The van der Waals surface area contributed by atoms with Crippen LogP contribution in [0.5, 0.6) is 0 Å². The lowest BCUT2D eigenvalue weighted by Crippen LogP contribution is -2.07. The first-order chi connectivity index (χ1) is 8.06. The third-order valence-electron chi connectivity index (χ3n) is 2.38. The number of aromatic nitrogens is 1. The van der Waals surface area contributed by atoms with Crippen molar-refractivity contribution in [2.24, 2.45) is 0 Å². The van der Waals surface area contributed by atoms with E-state index in [0.29, 0.717) is 10.0 Å². The van der Waals surface area contributed by atoms with Crippen LogP contribution < -0.4 is 5.32 Å². The maximum absolute atomic E-state index is 6.10. The number of halogens is 2. The molecule has 1 N–H and O–H groups in total. The molecule has 0 saturated carbocycles. The summed E-state index contributed by atoms with van der Waals surface area (Å²) in [5.74, 6) is 0. The molecule has 0 aliphatic heterocycles. The van der Waals surface area contributed by atoms with E-state index in [4.69, 9.17) is 23.2 Å². The molecule has 0 fully saturated rings. The van der Waals surface area contributed by atoms with E-state index >= 15 is 0 Å². The van der Waals surface area contributed by atoms with Gasteiger partial charge in [0.25, 0.3) is 0 Å². The topological polar surface area (TPSA) is 24.9 Å². The Labute approximate surface area is 115 Å². The second kappa shape index (κ2) is 5.25. The second-order valence-electron chi connectivity index (χ2n) is 3.78. The predicted molar refractivity (Wildman–Crippen MR) is 75.4 cm³/mol. The minimum absolute atomic E-state index is 0.124. The molecule has 1 aromatic heterocycles. The fourth-order valence-corrected chi connectivity index (χ4v) is 2.66. The molecule has 0 aliphatic carbocycles. The van der Waals surface area contributed by atoms with Crippen molar-refractivity contribution in [2.75, 3.05) is 5.32 Å². The van der Waals surface area contributed by atoms with Crippen LogP contribution in [0.4, 0.5) is 5.69 Å². The van der Waals surface area contributed by atoms with Gasteiger partial charge in [-0.1, -0.05) is 23.2 Å². The van der Waals surface area contributed by atoms with Gasteiger partial charge in [0.1, 0.15) is 0 Å². The van der Waals surface area contributed by atoms with Gasteiger partial charge in [-0.3, -0.25) is 0 Å². The van der Waals surface area contributed by atoms with Crippen LogP contribution in [0.1, 0.15) is 23.7 Å². The van der Waals surface area contributed by atoms with Crippen LogP contribution in [-0.4, -0.2) is 4.98 Å². The maximum atomic E-state index is 6.10. The SMILES string of the molecule is Cc1nc(C(C)Nc2ccc(Cl)cc2Cl)cs1. The molecule has 2 aromatic rings. The molecule has 0 spiro atoms. The van der Waals surface area contributed by atoms with Gasteiger partial charge in [0.05, 0.1) is 27.5 Å². The fourth-order valence-electron chi connectivity index (χ4n) is 1.49. The van der Waals surface area contributed by atoms with Gasteiger partial charge in [0.2, 0.25) is 0 Å². The second-order valence-corrected chi connectivity index (χ2v) is 5.69. The zero-order valence-corrected chi connectivity index (χ0v) is 11.8. The molecule has 1 heterocycles. The molecule has 0 bridgehead atoms. The lowest BCUT2D eigenvalue weighted by molar-refractivity contribution is 0.845. The molecular formula is C12H12Cl2N2S. The number of thiazole rings is 1. The average Bonchev–Trinajstić information content (AvgIpc) is 2.69.